The molecule has 0 bridgehead atoms. The van der Waals surface area contributed by atoms with Crippen molar-refractivity contribution in [1.29, 1.82) is 0 Å². The van der Waals surface area contributed by atoms with E-state index in [4.69, 9.17) is 5.11 Å². The van der Waals surface area contributed by atoms with E-state index in [9.17, 15) is 18.4 Å². The first kappa shape index (κ1) is 16.4. The summed E-state index contributed by atoms with van der Waals surface area (Å²) in [4.78, 5) is 24.7. The highest BCUT2D eigenvalue weighted by molar-refractivity contribution is 5.79. The minimum absolute atomic E-state index is 0.0732. The molecule has 4 nitrogen and oxygen atoms in total. The maximum atomic E-state index is 13.6. The van der Waals surface area contributed by atoms with Crippen molar-refractivity contribution in [2.24, 2.45) is 11.8 Å². The zero-order valence-electron chi connectivity index (χ0n) is 12.4. The monoisotopic (exact) mass is 311 g/mol. The summed E-state index contributed by atoms with van der Waals surface area (Å²) in [5.74, 6) is -2.84. The average Bonchev–Trinajstić information content (AvgIpc) is 2.49. The second-order valence-electron chi connectivity index (χ2n) is 5.82. The number of rotatable bonds is 4. The molecule has 0 radical (unpaired) electrons. The number of amides is 1. The van der Waals surface area contributed by atoms with E-state index in [1.54, 1.807) is 7.05 Å². The first-order valence-electron chi connectivity index (χ1n) is 7.30. The third kappa shape index (κ3) is 3.81. The minimum atomic E-state index is -0.812. The van der Waals surface area contributed by atoms with Gasteiger partial charge in [-0.3, -0.25) is 9.59 Å². The van der Waals surface area contributed by atoms with Crippen LogP contribution in [0.3, 0.4) is 0 Å². The molecule has 2 rings (SSSR count). The molecule has 22 heavy (non-hydrogen) atoms. The molecule has 0 heterocycles. The number of hydrogen-bond donors (Lipinski definition) is 1. The predicted molar refractivity (Wildman–Crippen MR) is 75.9 cm³/mol. The summed E-state index contributed by atoms with van der Waals surface area (Å²) in [6.45, 7) is 0.0732. The van der Waals surface area contributed by atoms with Crippen LogP contribution in [-0.4, -0.2) is 28.9 Å². The van der Waals surface area contributed by atoms with Gasteiger partial charge in [0.15, 0.2) is 0 Å². The topological polar surface area (TPSA) is 57.6 Å². The summed E-state index contributed by atoms with van der Waals surface area (Å²) < 4.78 is 26.5. The summed E-state index contributed by atoms with van der Waals surface area (Å²) in [6, 6.07) is 3.29. The highest BCUT2D eigenvalue weighted by Gasteiger charge is 2.31. The molecule has 6 heteroatoms. The van der Waals surface area contributed by atoms with Crippen LogP contribution in [0.2, 0.25) is 0 Å². The second kappa shape index (κ2) is 6.85. The van der Waals surface area contributed by atoms with E-state index in [0.717, 1.165) is 12.1 Å². The van der Waals surface area contributed by atoms with Gasteiger partial charge in [0.1, 0.15) is 11.6 Å². The summed E-state index contributed by atoms with van der Waals surface area (Å²) >= 11 is 0. The Morgan fingerprint density at radius 3 is 2.32 bits per heavy atom. The van der Waals surface area contributed by atoms with Crippen molar-refractivity contribution >= 4 is 11.9 Å². The highest BCUT2D eigenvalue weighted by Crippen LogP contribution is 2.30. The van der Waals surface area contributed by atoms with Gasteiger partial charge in [0.05, 0.1) is 5.92 Å². The number of halogens is 2. The summed E-state index contributed by atoms with van der Waals surface area (Å²) in [7, 11) is 1.58. The number of hydrogen-bond acceptors (Lipinski definition) is 2. The lowest BCUT2D eigenvalue weighted by atomic mass is 9.81. The highest BCUT2D eigenvalue weighted by atomic mass is 19.1. The zero-order valence-corrected chi connectivity index (χ0v) is 12.4. The fourth-order valence-electron chi connectivity index (χ4n) is 2.88. The predicted octanol–water partition coefficient (Wildman–Crippen LogP) is 2.81. The number of nitrogens with zero attached hydrogens (tertiary/aromatic N) is 1. The van der Waals surface area contributed by atoms with Crippen molar-refractivity contribution in [3.8, 4) is 0 Å². The summed E-state index contributed by atoms with van der Waals surface area (Å²) in [6.07, 6.45) is 2.05. The maximum absolute atomic E-state index is 13.6. The summed E-state index contributed by atoms with van der Waals surface area (Å²) in [5, 5.41) is 8.95. The van der Waals surface area contributed by atoms with Gasteiger partial charge in [-0.15, -0.1) is 0 Å². The van der Waals surface area contributed by atoms with Crippen LogP contribution in [0.4, 0.5) is 8.78 Å². The van der Waals surface area contributed by atoms with Gasteiger partial charge in [0, 0.05) is 31.1 Å². The Labute approximate surface area is 127 Å². The molecule has 1 amide bonds. The van der Waals surface area contributed by atoms with Crippen molar-refractivity contribution in [3.05, 3.63) is 35.4 Å². The Kier molecular flexibility index (Phi) is 5.11. The van der Waals surface area contributed by atoms with Crippen molar-refractivity contribution < 1.29 is 23.5 Å². The Hall–Kier alpha value is -1.98. The molecule has 0 aromatic heterocycles. The van der Waals surface area contributed by atoms with Crippen LogP contribution in [0.15, 0.2) is 18.2 Å². The molecular formula is C16H19F2NO3. The van der Waals surface area contributed by atoms with Crippen LogP contribution in [-0.2, 0) is 16.1 Å². The quantitative estimate of drug-likeness (QED) is 0.930. The Morgan fingerprint density at radius 2 is 1.77 bits per heavy atom. The molecule has 0 atom stereocenters. The second-order valence-corrected chi connectivity index (χ2v) is 5.82. The van der Waals surface area contributed by atoms with Gasteiger partial charge in [-0.05, 0) is 31.7 Å². The molecule has 120 valence electrons. The van der Waals surface area contributed by atoms with Crippen molar-refractivity contribution in [1.82, 2.24) is 4.90 Å². The van der Waals surface area contributed by atoms with Crippen LogP contribution >= 0.6 is 0 Å². The fraction of sp³-hybridized carbons (Fsp3) is 0.500. The molecule has 1 aromatic rings. The first-order chi connectivity index (χ1) is 10.4. The molecule has 0 aliphatic heterocycles. The molecular weight excluding hydrogens is 292 g/mol. The van der Waals surface area contributed by atoms with Gasteiger partial charge >= 0.3 is 5.97 Å². The molecule has 1 saturated carbocycles. The lowest BCUT2D eigenvalue weighted by molar-refractivity contribution is -0.145. The lowest BCUT2D eigenvalue weighted by Crippen LogP contribution is -2.35. The van der Waals surface area contributed by atoms with E-state index in [1.165, 1.54) is 11.0 Å². The van der Waals surface area contributed by atoms with E-state index >= 15 is 0 Å². The number of aliphatic carboxylic acids is 1. The third-order valence-electron chi connectivity index (χ3n) is 4.22. The minimum Gasteiger partial charge on any atom is -0.481 e. The lowest BCUT2D eigenvalue weighted by Gasteiger charge is -2.29. The van der Waals surface area contributed by atoms with Crippen molar-refractivity contribution in [2.45, 2.75) is 32.2 Å². The number of carboxylic acids is 1. The standard InChI is InChI=1S/C16H19F2NO3/c1-19(9-12-6-7-13(17)8-14(12)18)15(20)10-2-4-11(5-3-10)16(21)22/h6-8,10-11H,2-5,9H2,1H3,(H,21,22). The van der Waals surface area contributed by atoms with Crippen molar-refractivity contribution in [3.63, 3.8) is 0 Å². The van der Waals surface area contributed by atoms with E-state index in [2.05, 4.69) is 0 Å². The summed E-state index contributed by atoms with van der Waals surface area (Å²) in [5.41, 5.74) is 0.261. The third-order valence-corrected chi connectivity index (χ3v) is 4.22. The molecule has 1 fully saturated rings. The van der Waals surface area contributed by atoms with Gasteiger partial charge in [-0.2, -0.15) is 0 Å². The largest absolute Gasteiger partial charge is 0.481 e. The Bertz CT molecular complexity index is 569. The molecule has 1 aliphatic carbocycles. The zero-order chi connectivity index (χ0) is 16.3. The number of carboxylic acid groups (broad SMARTS) is 1. The van der Waals surface area contributed by atoms with Gasteiger partial charge in [0.2, 0.25) is 5.91 Å². The Balaban J connectivity index is 1.94. The molecule has 0 spiro atoms. The van der Waals surface area contributed by atoms with Crippen LogP contribution in [0, 0.1) is 23.5 Å². The van der Waals surface area contributed by atoms with E-state index in [-0.39, 0.29) is 29.9 Å². The average molecular weight is 311 g/mol. The molecule has 0 saturated heterocycles. The molecule has 1 aliphatic rings. The van der Waals surface area contributed by atoms with Crippen LogP contribution < -0.4 is 0 Å². The van der Waals surface area contributed by atoms with E-state index < -0.39 is 17.6 Å². The normalized spacial score (nSPS) is 21.4. The van der Waals surface area contributed by atoms with Crippen LogP contribution in [0.1, 0.15) is 31.2 Å². The maximum Gasteiger partial charge on any atom is 0.306 e. The Morgan fingerprint density at radius 1 is 1.18 bits per heavy atom. The van der Waals surface area contributed by atoms with Crippen LogP contribution in [0.25, 0.3) is 0 Å². The SMILES string of the molecule is CN(Cc1ccc(F)cc1F)C(=O)C1CCC(C(=O)O)CC1. The van der Waals surface area contributed by atoms with E-state index in [0.29, 0.717) is 25.7 Å². The molecule has 1 N–H and O–H groups in total. The van der Waals surface area contributed by atoms with Crippen molar-refractivity contribution in [2.75, 3.05) is 7.05 Å². The number of carbonyl (C=O) groups is 2. The number of benzene rings is 1. The number of carbonyl (C=O) groups excluding carboxylic acids is 1. The van der Waals surface area contributed by atoms with Crippen LogP contribution in [0.5, 0.6) is 0 Å². The fourth-order valence-corrected chi connectivity index (χ4v) is 2.88. The van der Waals surface area contributed by atoms with Gasteiger partial charge in [0.25, 0.3) is 0 Å². The molecule has 1 aromatic carbocycles. The van der Waals surface area contributed by atoms with E-state index in [1.807, 2.05) is 0 Å². The smallest absolute Gasteiger partial charge is 0.306 e. The van der Waals surface area contributed by atoms with Gasteiger partial charge in [-0.1, -0.05) is 6.07 Å². The van der Waals surface area contributed by atoms with Gasteiger partial charge in [-0.25, -0.2) is 8.78 Å². The first-order valence-corrected chi connectivity index (χ1v) is 7.30. The van der Waals surface area contributed by atoms with Gasteiger partial charge < -0.3 is 10.0 Å². The molecule has 0 unspecified atom stereocenters.